The standard InChI is InChI=1S/C18H28O3/c1-2-3-4-5-6-7-8-9-11-14-17(19)15-12-10-13-16-18(20)21/h6-7,9,11,17,19H,2-5,8,10,13-14,16H2,1H3,(H,20,21)/b7-6-,11-9-/t17-/m0/s1. The Morgan fingerprint density at radius 2 is 1.90 bits per heavy atom. The lowest BCUT2D eigenvalue weighted by Gasteiger charge is -1.96. The second kappa shape index (κ2) is 14.9. The van der Waals surface area contributed by atoms with Crippen LogP contribution in [0.4, 0.5) is 0 Å². The first-order chi connectivity index (χ1) is 10.2. The fraction of sp³-hybridized carbons (Fsp3) is 0.611. The molecule has 0 saturated heterocycles. The molecule has 0 rings (SSSR count). The highest BCUT2D eigenvalue weighted by Gasteiger charge is 1.95. The molecule has 0 aliphatic rings. The second-order valence-electron chi connectivity index (χ2n) is 4.99. The molecule has 0 aliphatic heterocycles. The molecule has 0 aromatic carbocycles. The van der Waals surface area contributed by atoms with Crippen molar-refractivity contribution in [3.05, 3.63) is 24.3 Å². The van der Waals surface area contributed by atoms with Gasteiger partial charge in [-0.15, -0.1) is 5.92 Å². The minimum atomic E-state index is -0.803. The van der Waals surface area contributed by atoms with Gasteiger partial charge in [0.1, 0.15) is 6.10 Å². The number of rotatable bonds is 11. The summed E-state index contributed by atoms with van der Waals surface area (Å²) in [6.45, 7) is 2.20. The van der Waals surface area contributed by atoms with E-state index in [2.05, 4.69) is 30.9 Å². The molecule has 0 fully saturated rings. The number of aliphatic hydroxyl groups is 1. The highest BCUT2D eigenvalue weighted by atomic mass is 16.4. The van der Waals surface area contributed by atoms with E-state index in [0.29, 0.717) is 19.3 Å². The Labute approximate surface area is 128 Å². The van der Waals surface area contributed by atoms with E-state index in [1.165, 1.54) is 19.3 Å². The number of aliphatic hydroxyl groups excluding tert-OH is 1. The van der Waals surface area contributed by atoms with Gasteiger partial charge in [-0.2, -0.15) is 0 Å². The molecule has 0 aromatic heterocycles. The number of hydrogen-bond acceptors (Lipinski definition) is 2. The van der Waals surface area contributed by atoms with Crippen molar-refractivity contribution in [3.8, 4) is 11.8 Å². The van der Waals surface area contributed by atoms with Gasteiger partial charge in [0.05, 0.1) is 0 Å². The minimum absolute atomic E-state index is 0.134. The molecule has 2 N–H and O–H groups in total. The van der Waals surface area contributed by atoms with Gasteiger partial charge >= 0.3 is 5.97 Å². The summed E-state index contributed by atoms with van der Waals surface area (Å²) in [5, 5.41) is 18.1. The largest absolute Gasteiger partial charge is 0.481 e. The van der Waals surface area contributed by atoms with Crippen molar-refractivity contribution in [1.82, 2.24) is 0 Å². The fourth-order valence-electron chi connectivity index (χ4n) is 1.70. The number of hydrogen-bond donors (Lipinski definition) is 2. The number of allylic oxidation sites excluding steroid dienone is 3. The predicted octanol–water partition coefficient (Wildman–Crippen LogP) is 4.08. The molecule has 3 nitrogen and oxygen atoms in total. The Kier molecular flexibility index (Phi) is 13.8. The van der Waals surface area contributed by atoms with Gasteiger partial charge in [0, 0.05) is 19.3 Å². The van der Waals surface area contributed by atoms with Crippen molar-refractivity contribution in [2.24, 2.45) is 0 Å². The van der Waals surface area contributed by atoms with E-state index < -0.39 is 12.1 Å². The lowest BCUT2D eigenvalue weighted by molar-refractivity contribution is -0.137. The van der Waals surface area contributed by atoms with Crippen molar-refractivity contribution >= 4 is 5.97 Å². The van der Waals surface area contributed by atoms with E-state index in [0.717, 1.165) is 12.8 Å². The summed E-state index contributed by atoms with van der Waals surface area (Å²) >= 11 is 0. The summed E-state index contributed by atoms with van der Waals surface area (Å²) in [4.78, 5) is 10.3. The molecule has 0 amide bonds. The van der Waals surface area contributed by atoms with Crippen LogP contribution in [0.2, 0.25) is 0 Å². The number of carbonyl (C=O) groups is 1. The lowest BCUT2D eigenvalue weighted by atomic mass is 10.2. The molecule has 0 radical (unpaired) electrons. The van der Waals surface area contributed by atoms with E-state index in [4.69, 9.17) is 5.11 Å². The van der Waals surface area contributed by atoms with Gasteiger partial charge in [0.2, 0.25) is 0 Å². The van der Waals surface area contributed by atoms with Crippen LogP contribution in [-0.2, 0) is 4.79 Å². The van der Waals surface area contributed by atoms with Crippen molar-refractivity contribution in [2.45, 2.75) is 70.8 Å². The van der Waals surface area contributed by atoms with Crippen LogP contribution < -0.4 is 0 Å². The maximum Gasteiger partial charge on any atom is 0.303 e. The zero-order chi connectivity index (χ0) is 15.8. The maximum absolute atomic E-state index is 10.3. The zero-order valence-corrected chi connectivity index (χ0v) is 13.1. The SMILES string of the molecule is CCCCC/C=C\C/C=C\C[C@H](O)C#CCCCC(=O)O. The Morgan fingerprint density at radius 3 is 2.62 bits per heavy atom. The average Bonchev–Trinajstić information content (AvgIpc) is 2.45. The third kappa shape index (κ3) is 16.4. The third-order valence-electron chi connectivity index (χ3n) is 2.90. The van der Waals surface area contributed by atoms with Gasteiger partial charge in [0.15, 0.2) is 0 Å². The Morgan fingerprint density at radius 1 is 1.14 bits per heavy atom. The number of carboxylic acid groups (broad SMARTS) is 1. The van der Waals surface area contributed by atoms with Crippen LogP contribution in [-0.4, -0.2) is 22.3 Å². The van der Waals surface area contributed by atoms with Crippen LogP contribution >= 0.6 is 0 Å². The van der Waals surface area contributed by atoms with Crippen molar-refractivity contribution in [2.75, 3.05) is 0 Å². The molecule has 3 heteroatoms. The molecule has 21 heavy (non-hydrogen) atoms. The van der Waals surface area contributed by atoms with Crippen LogP contribution in [0.5, 0.6) is 0 Å². The molecule has 118 valence electrons. The topological polar surface area (TPSA) is 57.5 Å². The number of aliphatic carboxylic acids is 1. The van der Waals surface area contributed by atoms with Crippen LogP contribution in [0.3, 0.4) is 0 Å². The van der Waals surface area contributed by atoms with E-state index >= 15 is 0 Å². The summed E-state index contributed by atoms with van der Waals surface area (Å²) in [5.41, 5.74) is 0. The Bertz CT molecular complexity index is 372. The summed E-state index contributed by atoms with van der Waals surface area (Å²) in [5.74, 6) is 4.73. The zero-order valence-electron chi connectivity index (χ0n) is 13.1. The summed E-state index contributed by atoms with van der Waals surface area (Å²) < 4.78 is 0. The molecular formula is C18H28O3. The fourth-order valence-corrected chi connectivity index (χ4v) is 1.70. The molecule has 0 unspecified atom stereocenters. The van der Waals surface area contributed by atoms with Gasteiger partial charge in [-0.1, -0.05) is 50.0 Å². The van der Waals surface area contributed by atoms with Gasteiger partial charge < -0.3 is 10.2 Å². The first-order valence-electron chi connectivity index (χ1n) is 7.85. The van der Waals surface area contributed by atoms with Gasteiger partial charge in [-0.3, -0.25) is 4.79 Å². The second-order valence-corrected chi connectivity index (χ2v) is 4.99. The molecule has 0 saturated carbocycles. The highest BCUT2D eigenvalue weighted by Crippen LogP contribution is 2.01. The molecule has 0 aromatic rings. The first-order valence-corrected chi connectivity index (χ1v) is 7.85. The summed E-state index contributed by atoms with van der Waals surface area (Å²) in [7, 11) is 0. The van der Waals surface area contributed by atoms with Crippen LogP contribution in [0.1, 0.15) is 64.7 Å². The van der Waals surface area contributed by atoms with Gasteiger partial charge in [-0.25, -0.2) is 0 Å². The Balaban J connectivity index is 3.59. The van der Waals surface area contributed by atoms with Crippen molar-refractivity contribution in [1.29, 1.82) is 0 Å². The van der Waals surface area contributed by atoms with Crippen LogP contribution in [0.15, 0.2) is 24.3 Å². The van der Waals surface area contributed by atoms with Gasteiger partial charge in [-0.05, 0) is 25.7 Å². The van der Waals surface area contributed by atoms with Crippen LogP contribution in [0, 0.1) is 11.8 Å². The average molecular weight is 292 g/mol. The van der Waals surface area contributed by atoms with E-state index in [-0.39, 0.29) is 6.42 Å². The molecule has 0 aliphatic carbocycles. The minimum Gasteiger partial charge on any atom is -0.481 e. The maximum atomic E-state index is 10.3. The van der Waals surface area contributed by atoms with E-state index in [9.17, 15) is 9.90 Å². The molecule has 0 bridgehead atoms. The van der Waals surface area contributed by atoms with E-state index in [1.54, 1.807) is 0 Å². The van der Waals surface area contributed by atoms with Crippen LogP contribution in [0.25, 0.3) is 0 Å². The monoisotopic (exact) mass is 292 g/mol. The molecule has 0 spiro atoms. The summed E-state index contributed by atoms with van der Waals surface area (Å²) in [6.07, 6.45) is 15.2. The third-order valence-corrected chi connectivity index (χ3v) is 2.90. The lowest BCUT2D eigenvalue weighted by Crippen LogP contribution is -2.00. The number of carboxylic acids is 1. The van der Waals surface area contributed by atoms with E-state index in [1.807, 2.05) is 12.2 Å². The van der Waals surface area contributed by atoms with Crippen molar-refractivity contribution < 1.29 is 15.0 Å². The normalized spacial score (nSPS) is 12.5. The van der Waals surface area contributed by atoms with Crippen molar-refractivity contribution in [3.63, 3.8) is 0 Å². The predicted molar refractivity (Wildman–Crippen MR) is 86.9 cm³/mol. The molecular weight excluding hydrogens is 264 g/mol. The smallest absolute Gasteiger partial charge is 0.303 e. The molecule has 1 atom stereocenters. The quantitative estimate of drug-likeness (QED) is 0.343. The summed E-state index contributed by atoms with van der Waals surface area (Å²) in [6, 6.07) is 0. The first kappa shape index (κ1) is 19.5. The highest BCUT2D eigenvalue weighted by molar-refractivity contribution is 5.66. The van der Waals surface area contributed by atoms with Gasteiger partial charge in [0.25, 0.3) is 0 Å². The Hall–Kier alpha value is -1.53. The number of unbranched alkanes of at least 4 members (excludes halogenated alkanes) is 4. The molecule has 0 heterocycles.